The smallest absolute Gasteiger partial charge is 0.414 e. The fourth-order valence-corrected chi connectivity index (χ4v) is 5.20. The summed E-state index contributed by atoms with van der Waals surface area (Å²) in [6.45, 7) is 11.3. The summed E-state index contributed by atoms with van der Waals surface area (Å²) in [5, 5.41) is 17.4. The zero-order valence-electron chi connectivity index (χ0n) is 23.7. The van der Waals surface area contributed by atoms with Crippen molar-refractivity contribution in [2.75, 3.05) is 10.6 Å². The molecule has 40 heavy (non-hydrogen) atoms. The molecule has 3 amide bonds. The Morgan fingerprint density at radius 1 is 1.12 bits per heavy atom. The molecule has 3 atom stereocenters. The number of rotatable bonds is 6. The third-order valence-corrected chi connectivity index (χ3v) is 6.87. The van der Waals surface area contributed by atoms with Gasteiger partial charge < -0.3 is 24.9 Å². The summed E-state index contributed by atoms with van der Waals surface area (Å²) in [5.74, 6) is -0.137. The van der Waals surface area contributed by atoms with E-state index in [1.807, 2.05) is 19.9 Å². The van der Waals surface area contributed by atoms with Crippen LogP contribution in [0.5, 0.6) is 0 Å². The van der Waals surface area contributed by atoms with Crippen LogP contribution in [0.2, 0.25) is 0 Å². The van der Waals surface area contributed by atoms with Gasteiger partial charge >= 0.3 is 12.2 Å². The predicted octanol–water partition coefficient (Wildman–Crippen LogP) is 6.49. The van der Waals surface area contributed by atoms with Crippen molar-refractivity contribution < 1.29 is 28.6 Å². The number of nitrogens with zero attached hydrogens (tertiary/aromatic N) is 2. The van der Waals surface area contributed by atoms with Crippen molar-refractivity contribution in [3.63, 3.8) is 0 Å². The van der Waals surface area contributed by atoms with Crippen molar-refractivity contribution in [1.29, 1.82) is 0 Å². The van der Waals surface area contributed by atoms with E-state index in [2.05, 4.69) is 32.8 Å². The third-order valence-electron chi connectivity index (χ3n) is 6.87. The van der Waals surface area contributed by atoms with E-state index in [1.165, 1.54) is 0 Å². The molecular weight excluding hydrogens is 514 g/mol. The average molecular weight is 552 g/mol. The number of hydrogen-bond acceptors (Lipinski definition) is 7. The minimum absolute atomic E-state index is 0.00563. The van der Waals surface area contributed by atoms with E-state index in [-0.39, 0.29) is 35.2 Å². The van der Waals surface area contributed by atoms with Crippen LogP contribution in [0, 0.1) is 5.92 Å². The van der Waals surface area contributed by atoms with E-state index >= 15 is 0 Å². The lowest BCUT2D eigenvalue weighted by Gasteiger charge is -2.34. The van der Waals surface area contributed by atoms with Crippen LogP contribution in [0.25, 0.3) is 11.1 Å². The van der Waals surface area contributed by atoms with Crippen molar-refractivity contribution >= 4 is 40.8 Å². The number of carbonyl (C=O) groups is 3. The highest BCUT2D eigenvalue weighted by Gasteiger charge is 2.31. The highest BCUT2D eigenvalue weighted by molar-refractivity contribution is 6.16. The van der Waals surface area contributed by atoms with Crippen LogP contribution in [0.3, 0.4) is 0 Å². The molecule has 3 heterocycles. The van der Waals surface area contributed by atoms with Gasteiger partial charge in [-0.25, -0.2) is 9.59 Å². The predicted molar refractivity (Wildman–Crippen MR) is 151 cm³/mol. The summed E-state index contributed by atoms with van der Waals surface area (Å²) >= 11 is 0. The molecule has 0 bridgehead atoms. The van der Waals surface area contributed by atoms with Crippen LogP contribution < -0.4 is 16.0 Å². The van der Waals surface area contributed by atoms with Gasteiger partial charge in [-0.3, -0.25) is 20.1 Å². The number of hydrogen-bond donors (Lipinski definition) is 4. The fourth-order valence-electron chi connectivity index (χ4n) is 5.20. The molecule has 3 aromatic heterocycles. The molecule has 1 aliphatic carbocycles. The second-order valence-electron chi connectivity index (χ2n) is 11.8. The lowest BCUT2D eigenvalue weighted by Crippen LogP contribution is -2.39. The van der Waals surface area contributed by atoms with E-state index in [0.717, 1.165) is 24.0 Å². The van der Waals surface area contributed by atoms with Crippen molar-refractivity contribution in [2.24, 2.45) is 5.92 Å². The molecule has 0 aromatic carbocycles. The summed E-state index contributed by atoms with van der Waals surface area (Å²) in [6.07, 6.45) is 5.28. The maximum absolute atomic E-state index is 13.8. The number of carbonyl (C=O) groups excluding carboxylic acids is 2. The summed E-state index contributed by atoms with van der Waals surface area (Å²) in [5.41, 5.74) is 2.24. The van der Waals surface area contributed by atoms with Gasteiger partial charge in [0, 0.05) is 18.4 Å². The summed E-state index contributed by atoms with van der Waals surface area (Å²) in [4.78, 5) is 46.4. The Bertz CT molecular complexity index is 1410. The van der Waals surface area contributed by atoms with Crippen LogP contribution in [0.4, 0.5) is 21.2 Å². The maximum atomic E-state index is 13.8. The third kappa shape index (κ3) is 6.88. The molecule has 1 fully saturated rings. The first-order valence-electron chi connectivity index (χ1n) is 13.5. The number of amides is 3. The second-order valence-corrected chi connectivity index (χ2v) is 11.8. The number of anilines is 2. The molecule has 0 spiro atoms. The molecule has 0 unspecified atom stereocenters. The van der Waals surface area contributed by atoms with Gasteiger partial charge in [-0.2, -0.15) is 0 Å². The molecule has 1 aliphatic rings. The molecule has 0 aliphatic heterocycles. The first-order valence-corrected chi connectivity index (χ1v) is 13.5. The minimum Gasteiger partial charge on any atom is -0.465 e. The Morgan fingerprint density at radius 2 is 1.88 bits per heavy atom. The van der Waals surface area contributed by atoms with E-state index in [9.17, 15) is 19.5 Å². The van der Waals surface area contributed by atoms with Gasteiger partial charge in [-0.05, 0) is 81.0 Å². The van der Waals surface area contributed by atoms with Crippen molar-refractivity contribution in [2.45, 2.75) is 84.3 Å². The SMILES string of the molecule is CC(C)c1cnc2c(C(=O)Nc3cnccc3[C@H]3C[C@@H](C)C[C@H](NC(=O)O)C3)c(NC(=O)OC(C)(C)C)oc2c1. The number of ether oxygens (including phenoxy) is 1. The second kappa shape index (κ2) is 11.5. The molecule has 4 N–H and O–H groups in total. The van der Waals surface area contributed by atoms with Crippen molar-refractivity contribution in [3.05, 3.63) is 47.4 Å². The fraction of sp³-hybridized carbons (Fsp3) is 0.483. The highest BCUT2D eigenvalue weighted by Crippen LogP contribution is 2.39. The molecule has 3 aromatic rings. The Morgan fingerprint density at radius 3 is 2.55 bits per heavy atom. The molecule has 0 saturated heterocycles. The van der Waals surface area contributed by atoms with Crippen LogP contribution in [-0.2, 0) is 4.74 Å². The zero-order chi connectivity index (χ0) is 29.2. The number of carboxylic acid groups (broad SMARTS) is 1. The number of nitrogens with one attached hydrogen (secondary N) is 3. The van der Waals surface area contributed by atoms with Crippen molar-refractivity contribution in [1.82, 2.24) is 15.3 Å². The van der Waals surface area contributed by atoms with Gasteiger partial charge in [0.25, 0.3) is 5.91 Å². The lowest BCUT2D eigenvalue weighted by atomic mass is 9.76. The molecule has 214 valence electrons. The van der Waals surface area contributed by atoms with E-state index in [0.29, 0.717) is 23.2 Å². The Hall–Kier alpha value is -4.15. The van der Waals surface area contributed by atoms with Gasteiger partial charge in [0.1, 0.15) is 16.7 Å². The summed E-state index contributed by atoms with van der Waals surface area (Å²) in [7, 11) is 0. The Kier molecular flexibility index (Phi) is 8.32. The zero-order valence-corrected chi connectivity index (χ0v) is 23.7. The topological polar surface area (TPSA) is 156 Å². The Labute approximate surface area is 233 Å². The molecule has 11 heteroatoms. The first kappa shape index (κ1) is 28.8. The normalized spacial score (nSPS) is 19.3. The van der Waals surface area contributed by atoms with E-state index in [1.54, 1.807) is 45.4 Å². The van der Waals surface area contributed by atoms with Crippen LogP contribution in [0.15, 0.2) is 35.1 Å². The number of aromatic nitrogens is 2. The molecule has 0 radical (unpaired) electrons. The van der Waals surface area contributed by atoms with Gasteiger partial charge in [0.05, 0.1) is 11.9 Å². The quantitative estimate of drug-likeness (QED) is 0.271. The first-order chi connectivity index (χ1) is 18.8. The highest BCUT2D eigenvalue weighted by atomic mass is 16.6. The molecule has 1 saturated carbocycles. The molecule has 11 nitrogen and oxygen atoms in total. The summed E-state index contributed by atoms with van der Waals surface area (Å²) in [6, 6.07) is 3.46. The molecule has 4 rings (SSSR count). The van der Waals surface area contributed by atoms with Gasteiger partial charge in [0.2, 0.25) is 5.88 Å². The minimum atomic E-state index is -1.05. The van der Waals surface area contributed by atoms with E-state index < -0.39 is 23.7 Å². The van der Waals surface area contributed by atoms with Gasteiger partial charge in [0.15, 0.2) is 5.58 Å². The average Bonchev–Trinajstić information content (AvgIpc) is 3.19. The molecular formula is C29H37N5O6. The van der Waals surface area contributed by atoms with Crippen molar-refractivity contribution in [3.8, 4) is 0 Å². The van der Waals surface area contributed by atoms with Crippen LogP contribution >= 0.6 is 0 Å². The maximum Gasteiger partial charge on any atom is 0.414 e. The lowest BCUT2D eigenvalue weighted by molar-refractivity contribution is 0.0632. The van der Waals surface area contributed by atoms with Crippen LogP contribution in [-0.4, -0.2) is 44.8 Å². The monoisotopic (exact) mass is 551 g/mol. The largest absolute Gasteiger partial charge is 0.465 e. The van der Waals surface area contributed by atoms with Crippen LogP contribution in [0.1, 0.15) is 94.1 Å². The Balaban J connectivity index is 1.68. The number of fused-ring (bicyclic) bond motifs is 1. The standard InChI is InChI=1S/C29H37N5O6/c1-15(2)18-12-22-24(31-13-18)23(26(39-22)34-28(38)40-29(4,5)6)25(35)33-21-14-30-8-7-20(21)17-9-16(3)10-19(11-17)32-27(36)37/h7-8,12-17,19,32H,9-11H2,1-6H3,(H,33,35)(H,34,38)(H,36,37)/t16-,17+,19+/m1/s1. The number of pyridine rings is 2. The van der Waals surface area contributed by atoms with Gasteiger partial charge in [-0.1, -0.05) is 20.8 Å². The number of furan rings is 1. The van der Waals surface area contributed by atoms with E-state index in [4.69, 9.17) is 9.15 Å². The summed E-state index contributed by atoms with van der Waals surface area (Å²) < 4.78 is 11.3. The van der Waals surface area contributed by atoms with Gasteiger partial charge in [-0.15, -0.1) is 0 Å².